The fourth-order valence-electron chi connectivity index (χ4n) is 2.85. The maximum Gasteiger partial charge on any atom is 0.326 e. The van der Waals surface area contributed by atoms with Gasteiger partial charge in [-0.1, -0.05) is 44.2 Å². The molecule has 1 aromatic carbocycles. The normalized spacial score (nSPS) is 14.8. The fraction of sp³-hybridized carbons (Fsp3) is 0.524. The zero-order chi connectivity index (χ0) is 23.6. The van der Waals surface area contributed by atoms with Crippen LogP contribution in [0, 0.1) is 5.92 Å². The maximum atomic E-state index is 12.5. The first-order valence-electron chi connectivity index (χ1n) is 10.1. The van der Waals surface area contributed by atoms with E-state index in [1.807, 2.05) is 13.8 Å². The van der Waals surface area contributed by atoms with E-state index in [0.717, 1.165) is 0 Å². The Hall–Kier alpha value is -2.98. The predicted octanol–water partition coefficient (Wildman–Crippen LogP) is -0.846. The van der Waals surface area contributed by atoms with Crippen molar-refractivity contribution in [2.45, 2.75) is 57.8 Å². The van der Waals surface area contributed by atoms with Crippen LogP contribution < -0.4 is 21.7 Å². The maximum absolute atomic E-state index is 12.5. The molecule has 172 valence electrons. The predicted molar refractivity (Wildman–Crippen MR) is 114 cm³/mol. The molecule has 4 unspecified atom stereocenters. The number of amides is 3. The highest BCUT2D eigenvalue weighted by atomic mass is 16.4. The van der Waals surface area contributed by atoms with Crippen LogP contribution in [-0.4, -0.2) is 64.7 Å². The molecule has 1 rings (SSSR count). The summed E-state index contributed by atoms with van der Waals surface area (Å²) in [4.78, 5) is 48.2. The number of carbonyl (C=O) groups is 4. The summed E-state index contributed by atoms with van der Waals surface area (Å²) in [5, 5.41) is 26.4. The van der Waals surface area contributed by atoms with E-state index in [-0.39, 0.29) is 12.3 Å². The number of benzene rings is 1. The lowest BCUT2D eigenvalue weighted by Crippen LogP contribution is -2.57. The Morgan fingerprint density at radius 2 is 1.61 bits per heavy atom. The largest absolute Gasteiger partial charge is 0.480 e. The number of aliphatic hydroxyl groups is 1. The second-order valence-electron chi connectivity index (χ2n) is 7.83. The summed E-state index contributed by atoms with van der Waals surface area (Å²) in [6.45, 7) is 4.67. The van der Waals surface area contributed by atoms with Crippen molar-refractivity contribution in [3.63, 3.8) is 0 Å². The fourth-order valence-corrected chi connectivity index (χ4v) is 2.85. The van der Waals surface area contributed by atoms with Crippen LogP contribution in [0.15, 0.2) is 30.3 Å². The van der Waals surface area contributed by atoms with Gasteiger partial charge in [-0.15, -0.1) is 0 Å². The van der Waals surface area contributed by atoms with Crippen molar-refractivity contribution in [1.82, 2.24) is 16.0 Å². The van der Waals surface area contributed by atoms with Crippen molar-refractivity contribution in [2.24, 2.45) is 11.7 Å². The van der Waals surface area contributed by atoms with E-state index in [2.05, 4.69) is 16.0 Å². The van der Waals surface area contributed by atoms with Gasteiger partial charge in [-0.25, -0.2) is 4.79 Å². The SMILES string of the molecule is CC(C)CC(N)C(=O)NCC(=O)NC(C(=O)NC(Cc1ccccc1)C(=O)O)C(C)O. The zero-order valence-electron chi connectivity index (χ0n) is 18.0. The van der Waals surface area contributed by atoms with E-state index in [0.29, 0.717) is 12.0 Å². The van der Waals surface area contributed by atoms with Gasteiger partial charge in [0.05, 0.1) is 18.7 Å². The van der Waals surface area contributed by atoms with Crippen molar-refractivity contribution in [3.8, 4) is 0 Å². The van der Waals surface area contributed by atoms with Gasteiger partial charge in [0, 0.05) is 6.42 Å². The summed E-state index contributed by atoms with van der Waals surface area (Å²) in [6, 6.07) is 5.31. The molecule has 10 nitrogen and oxygen atoms in total. The number of carbonyl (C=O) groups excluding carboxylic acids is 3. The first-order chi connectivity index (χ1) is 14.5. The second-order valence-corrected chi connectivity index (χ2v) is 7.83. The molecular formula is C21H32N4O6. The van der Waals surface area contributed by atoms with Gasteiger partial charge in [-0.2, -0.15) is 0 Å². The van der Waals surface area contributed by atoms with Crippen molar-refractivity contribution in [3.05, 3.63) is 35.9 Å². The Balaban J connectivity index is 2.68. The molecule has 0 saturated carbocycles. The molecule has 0 aliphatic rings. The van der Waals surface area contributed by atoms with Crippen LogP contribution in [-0.2, 0) is 25.6 Å². The molecule has 0 spiro atoms. The van der Waals surface area contributed by atoms with Crippen molar-refractivity contribution in [2.75, 3.05) is 6.54 Å². The summed E-state index contributed by atoms with van der Waals surface area (Å²) in [6.07, 6.45) is -0.815. The van der Waals surface area contributed by atoms with Crippen molar-refractivity contribution < 1.29 is 29.4 Å². The number of carboxylic acids is 1. The smallest absolute Gasteiger partial charge is 0.326 e. The van der Waals surface area contributed by atoms with E-state index in [9.17, 15) is 29.4 Å². The Morgan fingerprint density at radius 3 is 2.13 bits per heavy atom. The molecule has 0 aromatic heterocycles. The molecule has 1 aromatic rings. The highest BCUT2D eigenvalue weighted by molar-refractivity contribution is 5.92. The molecule has 10 heteroatoms. The van der Waals surface area contributed by atoms with E-state index >= 15 is 0 Å². The van der Waals surface area contributed by atoms with Gasteiger partial charge in [0.25, 0.3) is 0 Å². The number of aliphatic carboxylic acids is 1. The lowest BCUT2D eigenvalue weighted by atomic mass is 10.0. The zero-order valence-corrected chi connectivity index (χ0v) is 18.0. The minimum Gasteiger partial charge on any atom is -0.480 e. The molecule has 0 saturated heterocycles. The molecule has 0 aliphatic heterocycles. The number of nitrogens with two attached hydrogens (primary N) is 1. The Labute approximate surface area is 181 Å². The van der Waals surface area contributed by atoms with E-state index in [1.165, 1.54) is 6.92 Å². The highest BCUT2D eigenvalue weighted by Crippen LogP contribution is 2.05. The third-order valence-electron chi connectivity index (χ3n) is 4.46. The van der Waals surface area contributed by atoms with Gasteiger partial charge in [-0.3, -0.25) is 14.4 Å². The van der Waals surface area contributed by atoms with E-state index in [4.69, 9.17) is 5.73 Å². The minimum absolute atomic E-state index is 0.0339. The molecule has 3 amide bonds. The monoisotopic (exact) mass is 436 g/mol. The van der Waals surface area contributed by atoms with Gasteiger partial charge in [0.15, 0.2) is 0 Å². The number of hydrogen-bond donors (Lipinski definition) is 6. The lowest BCUT2D eigenvalue weighted by Gasteiger charge is -2.23. The van der Waals surface area contributed by atoms with Crippen LogP contribution in [0.25, 0.3) is 0 Å². The van der Waals surface area contributed by atoms with Crippen molar-refractivity contribution >= 4 is 23.7 Å². The molecular weight excluding hydrogens is 404 g/mol. The Kier molecular flexibility index (Phi) is 10.6. The van der Waals surface area contributed by atoms with Gasteiger partial charge >= 0.3 is 5.97 Å². The number of aliphatic hydroxyl groups excluding tert-OH is 1. The number of hydrogen-bond acceptors (Lipinski definition) is 6. The van der Waals surface area contributed by atoms with Gasteiger partial charge in [0.2, 0.25) is 17.7 Å². The molecule has 0 fully saturated rings. The molecule has 4 atom stereocenters. The molecule has 31 heavy (non-hydrogen) atoms. The average molecular weight is 437 g/mol. The first kappa shape index (κ1) is 26.1. The summed E-state index contributed by atoms with van der Waals surface area (Å²) in [7, 11) is 0. The first-order valence-corrected chi connectivity index (χ1v) is 10.1. The number of nitrogens with one attached hydrogen (secondary N) is 3. The standard InChI is InChI=1S/C21H32N4O6/c1-12(2)9-15(22)19(28)23-11-17(27)25-18(13(3)26)20(29)24-16(21(30)31)10-14-7-5-4-6-8-14/h4-8,12-13,15-16,18,26H,9-11,22H2,1-3H3,(H,23,28)(H,24,29)(H,25,27)(H,30,31). The third kappa shape index (κ3) is 9.58. The quantitative estimate of drug-likeness (QED) is 0.248. The van der Waals surface area contributed by atoms with Gasteiger partial charge in [0.1, 0.15) is 12.1 Å². The molecule has 0 bridgehead atoms. The van der Waals surface area contributed by atoms with Crippen molar-refractivity contribution in [1.29, 1.82) is 0 Å². The lowest BCUT2D eigenvalue weighted by molar-refractivity contribution is -0.142. The summed E-state index contributed by atoms with van der Waals surface area (Å²) in [5.74, 6) is -3.12. The third-order valence-corrected chi connectivity index (χ3v) is 4.46. The highest BCUT2D eigenvalue weighted by Gasteiger charge is 2.30. The van der Waals surface area contributed by atoms with Crippen LogP contribution in [0.3, 0.4) is 0 Å². The van der Waals surface area contributed by atoms with Crippen LogP contribution in [0.5, 0.6) is 0 Å². The summed E-state index contributed by atoms with van der Waals surface area (Å²) in [5.41, 5.74) is 6.45. The van der Waals surface area contributed by atoms with E-state index in [1.54, 1.807) is 30.3 Å². The molecule has 0 heterocycles. The van der Waals surface area contributed by atoms with Crippen LogP contribution in [0.4, 0.5) is 0 Å². The molecule has 0 aliphatic carbocycles. The average Bonchev–Trinajstić information content (AvgIpc) is 2.69. The number of carboxylic acid groups (broad SMARTS) is 1. The van der Waals surface area contributed by atoms with E-state index < -0.39 is 54.5 Å². The van der Waals surface area contributed by atoms with Gasteiger partial charge < -0.3 is 31.9 Å². The van der Waals surface area contributed by atoms with Crippen LogP contribution >= 0.6 is 0 Å². The van der Waals surface area contributed by atoms with Crippen LogP contribution in [0.2, 0.25) is 0 Å². The summed E-state index contributed by atoms with van der Waals surface area (Å²) < 4.78 is 0. The Morgan fingerprint density at radius 1 is 1.00 bits per heavy atom. The van der Waals surface area contributed by atoms with Gasteiger partial charge in [-0.05, 0) is 24.8 Å². The second kappa shape index (κ2) is 12.7. The number of rotatable bonds is 12. The Bertz CT molecular complexity index is 753. The minimum atomic E-state index is -1.40. The topological polar surface area (TPSA) is 171 Å². The molecule has 0 radical (unpaired) electrons. The summed E-state index contributed by atoms with van der Waals surface area (Å²) >= 11 is 0. The molecule has 7 N–H and O–H groups in total. The van der Waals surface area contributed by atoms with Crippen LogP contribution in [0.1, 0.15) is 32.8 Å².